The fourth-order valence-corrected chi connectivity index (χ4v) is 2.67. The van der Waals surface area contributed by atoms with Crippen LogP contribution in [0, 0.1) is 10.1 Å². The predicted molar refractivity (Wildman–Crippen MR) is 101 cm³/mol. The van der Waals surface area contributed by atoms with Gasteiger partial charge in [0, 0.05) is 30.8 Å². The molecule has 2 rings (SSSR count). The van der Waals surface area contributed by atoms with Crippen LogP contribution in [0.5, 0.6) is 0 Å². The third kappa shape index (κ3) is 5.37. The van der Waals surface area contributed by atoms with Crippen molar-refractivity contribution in [1.29, 1.82) is 0 Å². The van der Waals surface area contributed by atoms with Crippen molar-refractivity contribution in [2.75, 3.05) is 19.7 Å². The summed E-state index contributed by atoms with van der Waals surface area (Å²) in [5, 5.41) is 11.2. The normalized spacial score (nSPS) is 10.3. The van der Waals surface area contributed by atoms with Crippen molar-refractivity contribution in [3.8, 4) is 0 Å². The van der Waals surface area contributed by atoms with E-state index in [1.165, 1.54) is 12.1 Å². The highest BCUT2D eigenvalue weighted by Gasteiger charge is 2.21. The third-order valence-electron chi connectivity index (χ3n) is 4.07. The molecule has 2 aromatic carbocycles. The van der Waals surface area contributed by atoms with Gasteiger partial charge in [-0.2, -0.15) is 0 Å². The summed E-state index contributed by atoms with van der Waals surface area (Å²) in [6.07, 6.45) is 0.667. The second-order valence-corrected chi connectivity index (χ2v) is 5.87. The van der Waals surface area contributed by atoms with E-state index in [0.717, 1.165) is 11.6 Å². The molecule has 27 heavy (non-hydrogen) atoms. The van der Waals surface area contributed by atoms with Crippen LogP contribution in [0.3, 0.4) is 0 Å². The van der Waals surface area contributed by atoms with E-state index in [0.29, 0.717) is 19.5 Å². The number of non-ortho nitro benzene ring substituents is 1. The number of hydrogen-bond acceptors (Lipinski definition) is 5. The number of benzene rings is 2. The molecule has 0 aromatic heterocycles. The Morgan fingerprint density at radius 3 is 2.33 bits per heavy atom. The summed E-state index contributed by atoms with van der Waals surface area (Å²) in [7, 11) is 0. The zero-order valence-corrected chi connectivity index (χ0v) is 15.4. The van der Waals surface area contributed by atoms with Gasteiger partial charge in [-0.3, -0.25) is 14.9 Å². The number of ether oxygens (including phenoxy) is 1. The molecule has 2 aromatic rings. The number of likely N-dealkylation sites (N-methyl/N-ethyl adjacent to an activating group) is 1. The Bertz CT molecular complexity index is 820. The molecule has 0 aliphatic carbocycles. The highest BCUT2D eigenvalue weighted by atomic mass is 16.6. The van der Waals surface area contributed by atoms with Crippen molar-refractivity contribution >= 4 is 17.6 Å². The van der Waals surface area contributed by atoms with E-state index in [1.54, 1.807) is 11.8 Å². The molecule has 7 nitrogen and oxygen atoms in total. The summed E-state index contributed by atoms with van der Waals surface area (Å²) in [4.78, 5) is 37.0. The number of nitro groups is 1. The zero-order chi connectivity index (χ0) is 19.8. The number of nitrogens with zero attached hydrogens (tertiary/aromatic N) is 2. The molecule has 1 amide bonds. The van der Waals surface area contributed by atoms with Crippen LogP contribution in [-0.4, -0.2) is 41.4 Å². The first-order valence-electron chi connectivity index (χ1n) is 8.76. The summed E-state index contributed by atoms with van der Waals surface area (Å²) in [6, 6.07) is 13.4. The van der Waals surface area contributed by atoms with Gasteiger partial charge in [-0.15, -0.1) is 0 Å². The largest absolute Gasteiger partial charge is 0.462 e. The highest BCUT2D eigenvalue weighted by Crippen LogP contribution is 2.20. The molecule has 0 radical (unpaired) electrons. The molecular formula is C20H22N2O5. The lowest BCUT2D eigenvalue weighted by Crippen LogP contribution is -2.33. The molecule has 0 bridgehead atoms. The summed E-state index contributed by atoms with van der Waals surface area (Å²) in [6.45, 7) is 4.54. The van der Waals surface area contributed by atoms with E-state index in [4.69, 9.17) is 4.74 Å². The first kappa shape index (κ1) is 20.1. The fraction of sp³-hybridized carbons (Fsp3) is 0.300. The molecule has 0 spiro atoms. The van der Waals surface area contributed by atoms with Crippen LogP contribution in [0.1, 0.15) is 40.1 Å². The lowest BCUT2D eigenvalue weighted by atomic mass is 10.1. The van der Waals surface area contributed by atoms with Gasteiger partial charge in [-0.05, 0) is 31.9 Å². The van der Waals surface area contributed by atoms with E-state index in [2.05, 4.69) is 0 Å². The average Bonchev–Trinajstić information content (AvgIpc) is 2.68. The van der Waals surface area contributed by atoms with Crippen LogP contribution in [0.25, 0.3) is 0 Å². The maximum Gasteiger partial charge on any atom is 0.338 e. The van der Waals surface area contributed by atoms with E-state index in [-0.39, 0.29) is 29.3 Å². The van der Waals surface area contributed by atoms with Gasteiger partial charge in [0.25, 0.3) is 11.6 Å². The van der Waals surface area contributed by atoms with Crippen molar-refractivity contribution in [2.24, 2.45) is 0 Å². The van der Waals surface area contributed by atoms with Crippen molar-refractivity contribution in [3.05, 3.63) is 75.3 Å². The van der Waals surface area contributed by atoms with Crippen LogP contribution in [0.2, 0.25) is 0 Å². The maximum absolute atomic E-state index is 12.9. The first-order chi connectivity index (χ1) is 13.0. The molecule has 0 saturated carbocycles. The highest BCUT2D eigenvalue weighted by molar-refractivity contribution is 5.99. The number of nitro benzene ring substituents is 1. The van der Waals surface area contributed by atoms with E-state index >= 15 is 0 Å². The summed E-state index contributed by atoms with van der Waals surface area (Å²) < 4.78 is 4.90. The number of rotatable bonds is 8. The molecule has 0 fully saturated rings. The molecule has 0 heterocycles. The van der Waals surface area contributed by atoms with Crippen molar-refractivity contribution in [2.45, 2.75) is 20.3 Å². The Balaban J connectivity index is 2.26. The topological polar surface area (TPSA) is 89.8 Å². The lowest BCUT2D eigenvalue weighted by Gasteiger charge is -2.21. The lowest BCUT2D eigenvalue weighted by molar-refractivity contribution is -0.384. The van der Waals surface area contributed by atoms with Gasteiger partial charge in [0.05, 0.1) is 17.1 Å². The van der Waals surface area contributed by atoms with Crippen molar-refractivity contribution < 1.29 is 19.2 Å². The number of carbonyl (C=O) groups is 2. The minimum Gasteiger partial charge on any atom is -0.462 e. The van der Waals surface area contributed by atoms with Crippen LogP contribution < -0.4 is 0 Å². The minimum atomic E-state index is -0.692. The van der Waals surface area contributed by atoms with Gasteiger partial charge in [-0.1, -0.05) is 30.3 Å². The van der Waals surface area contributed by atoms with Crippen molar-refractivity contribution in [1.82, 2.24) is 4.90 Å². The molecule has 0 unspecified atom stereocenters. The Morgan fingerprint density at radius 2 is 1.74 bits per heavy atom. The van der Waals surface area contributed by atoms with Crippen LogP contribution in [0.15, 0.2) is 48.5 Å². The summed E-state index contributed by atoms with van der Waals surface area (Å²) >= 11 is 0. The third-order valence-corrected chi connectivity index (χ3v) is 4.07. The van der Waals surface area contributed by atoms with Gasteiger partial charge < -0.3 is 9.64 Å². The monoisotopic (exact) mass is 370 g/mol. The van der Waals surface area contributed by atoms with Crippen LogP contribution in [0.4, 0.5) is 5.69 Å². The van der Waals surface area contributed by atoms with Gasteiger partial charge in [0.2, 0.25) is 0 Å². The smallest absolute Gasteiger partial charge is 0.338 e. The standard InChI is InChI=1S/C20H22N2O5/c1-3-21(11-10-15-8-6-5-7-9-15)19(23)16-12-17(20(24)27-4-2)14-18(13-16)22(25)26/h5-9,12-14H,3-4,10-11H2,1-2H3. The quantitative estimate of drug-likeness (QED) is 0.403. The molecule has 7 heteroatoms. The molecule has 0 aliphatic rings. The molecule has 0 N–H and O–H groups in total. The second-order valence-electron chi connectivity index (χ2n) is 5.87. The molecular weight excluding hydrogens is 348 g/mol. The number of carbonyl (C=O) groups excluding carboxylic acids is 2. The number of amides is 1. The molecule has 142 valence electrons. The Labute approximate surface area is 157 Å². The Hall–Kier alpha value is -3.22. The van der Waals surface area contributed by atoms with E-state index in [1.807, 2.05) is 37.3 Å². The molecule has 0 atom stereocenters. The number of esters is 1. The van der Waals surface area contributed by atoms with E-state index in [9.17, 15) is 19.7 Å². The van der Waals surface area contributed by atoms with E-state index < -0.39 is 10.9 Å². The first-order valence-corrected chi connectivity index (χ1v) is 8.76. The van der Waals surface area contributed by atoms with Crippen LogP contribution >= 0.6 is 0 Å². The van der Waals surface area contributed by atoms with Gasteiger partial charge in [-0.25, -0.2) is 4.79 Å². The average molecular weight is 370 g/mol. The SMILES string of the molecule is CCOC(=O)c1cc(C(=O)N(CC)CCc2ccccc2)cc([N+](=O)[O-])c1. The summed E-state index contributed by atoms with van der Waals surface area (Å²) in [5.74, 6) is -1.05. The minimum absolute atomic E-state index is 0.00601. The fourth-order valence-electron chi connectivity index (χ4n) is 2.67. The Kier molecular flexibility index (Phi) is 7.05. The van der Waals surface area contributed by atoms with Crippen LogP contribution in [-0.2, 0) is 11.2 Å². The van der Waals surface area contributed by atoms with Crippen molar-refractivity contribution in [3.63, 3.8) is 0 Å². The molecule has 0 saturated heterocycles. The Morgan fingerprint density at radius 1 is 1.07 bits per heavy atom. The summed E-state index contributed by atoms with van der Waals surface area (Å²) in [5.41, 5.74) is 0.869. The van der Waals surface area contributed by atoms with Gasteiger partial charge in [0.15, 0.2) is 0 Å². The maximum atomic E-state index is 12.9. The zero-order valence-electron chi connectivity index (χ0n) is 15.4. The number of hydrogen-bond donors (Lipinski definition) is 0. The second kappa shape index (κ2) is 9.47. The predicted octanol–water partition coefficient (Wildman–Crippen LogP) is 3.48. The van der Waals surface area contributed by atoms with Gasteiger partial charge in [0.1, 0.15) is 0 Å². The molecule has 0 aliphatic heterocycles. The van der Waals surface area contributed by atoms with Gasteiger partial charge >= 0.3 is 5.97 Å².